The van der Waals surface area contributed by atoms with Crippen molar-refractivity contribution in [3.63, 3.8) is 0 Å². The van der Waals surface area contributed by atoms with Crippen molar-refractivity contribution in [3.8, 4) is 10.7 Å². The highest BCUT2D eigenvalue weighted by molar-refractivity contribution is 7.13. The lowest BCUT2D eigenvalue weighted by Crippen LogP contribution is -2.35. The third-order valence-corrected chi connectivity index (χ3v) is 5.68. The number of hydrogen-bond donors (Lipinski definition) is 2. The van der Waals surface area contributed by atoms with Crippen molar-refractivity contribution in [1.29, 1.82) is 0 Å². The number of para-hydroxylation sites is 2. The molecule has 0 fully saturated rings. The Morgan fingerprint density at radius 2 is 2.06 bits per heavy atom. The van der Waals surface area contributed by atoms with Gasteiger partial charge in [-0.25, -0.2) is 9.79 Å². The summed E-state index contributed by atoms with van der Waals surface area (Å²) in [5.41, 5.74) is 2.08. The second-order valence-electron chi connectivity index (χ2n) is 7.21. The molecule has 3 heterocycles. The Hall–Kier alpha value is -3.79. The zero-order chi connectivity index (χ0) is 23.2. The molecule has 0 spiro atoms. The van der Waals surface area contributed by atoms with E-state index in [-0.39, 0.29) is 30.3 Å². The minimum Gasteiger partial charge on any atom is -0.462 e. The largest absolute Gasteiger partial charge is 0.462 e. The highest BCUT2D eigenvalue weighted by Crippen LogP contribution is 2.30. The van der Waals surface area contributed by atoms with Crippen molar-refractivity contribution in [2.45, 2.75) is 33.1 Å². The van der Waals surface area contributed by atoms with Gasteiger partial charge in [0.05, 0.1) is 22.9 Å². The maximum absolute atomic E-state index is 12.7. The number of benzene rings is 1. The van der Waals surface area contributed by atoms with E-state index in [0.717, 1.165) is 10.6 Å². The maximum atomic E-state index is 12.7. The molecule has 1 amide bonds. The molecule has 0 atom stereocenters. The van der Waals surface area contributed by atoms with Crippen molar-refractivity contribution in [2.75, 3.05) is 11.9 Å². The fourth-order valence-corrected chi connectivity index (χ4v) is 3.94. The minimum absolute atomic E-state index is 0.158. The van der Waals surface area contributed by atoms with Crippen LogP contribution in [0.3, 0.4) is 0 Å². The maximum Gasteiger partial charge on any atom is 0.343 e. The first-order valence-corrected chi connectivity index (χ1v) is 11.4. The number of anilines is 1. The zero-order valence-corrected chi connectivity index (χ0v) is 19.1. The van der Waals surface area contributed by atoms with Gasteiger partial charge in [-0.1, -0.05) is 23.4 Å². The summed E-state index contributed by atoms with van der Waals surface area (Å²) in [6, 6.07) is 11.2. The standard InChI is InChI=1S/C23H23N5O4S/c1-3-31-23(30)20-14(2)24-15-8-4-5-9-16(15)25-22(20)26-18(29)11-6-12-19-27-21(28-32-19)17-10-7-13-33-17/h4-5,7-10,13,24H,3,6,11-12H2,1-2H3,(H,25,26,29). The van der Waals surface area contributed by atoms with E-state index in [1.54, 1.807) is 19.9 Å². The summed E-state index contributed by atoms with van der Waals surface area (Å²) in [5, 5.41) is 11.9. The predicted molar refractivity (Wildman–Crippen MR) is 125 cm³/mol. The van der Waals surface area contributed by atoms with Crippen LogP contribution in [-0.4, -0.2) is 34.5 Å². The quantitative estimate of drug-likeness (QED) is 0.501. The molecule has 0 saturated carbocycles. The Bertz CT molecular complexity index is 1210. The van der Waals surface area contributed by atoms with Gasteiger partial charge < -0.3 is 19.9 Å². The normalized spacial score (nSPS) is 13.0. The average molecular weight is 466 g/mol. The molecule has 33 heavy (non-hydrogen) atoms. The first kappa shape index (κ1) is 22.4. The molecule has 0 aliphatic carbocycles. The van der Waals surface area contributed by atoms with E-state index in [1.807, 2.05) is 35.7 Å². The van der Waals surface area contributed by atoms with Gasteiger partial charge in [0.1, 0.15) is 11.4 Å². The van der Waals surface area contributed by atoms with Gasteiger partial charge in [-0.05, 0) is 43.8 Å². The summed E-state index contributed by atoms with van der Waals surface area (Å²) >= 11 is 1.53. The number of rotatable bonds is 7. The summed E-state index contributed by atoms with van der Waals surface area (Å²) in [6.07, 6.45) is 1.15. The van der Waals surface area contributed by atoms with Crippen LogP contribution in [0.25, 0.3) is 10.7 Å². The summed E-state index contributed by atoms with van der Waals surface area (Å²) in [6.45, 7) is 3.68. The van der Waals surface area contributed by atoms with Crippen LogP contribution in [0.5, 0.6) is 0 Å². The number of nitrogens with zero attached hydrogens (tertiary/aromatic N) is 3. The lowest BCUT2D eigenvalue weighted by atomic mass is 10.1. The van der Waals surface area contributed by atoms with Crippen LogP contribution < -0.4 is 10.6 Å². The van der Waals surface area contributed by atoms with Gasteiger partial charge >= 0.3 is 5.97 Å². The zero-order valence-electron chi connectivity index (χ0n) is 18.3. The number of esters is 1. The lowest BCUT2D eigenvalue weighted by Gasteiger charge is -2.13. The Labute approximate surface area is 194 Å². The Morgan fingerprint density at radius 3 is 2.85 bits per heavy atom. The van der Waals surface area contributed by atoms with E-state index in [2.05, 4.69) is 25.8 Å². The predicted octanol–water partition coefficient (Wildman–Crippen LogP) is 4.23. The molecule has 2 aromatic heterocycles. The molecule has 4 rings (SSSR count). The number of amidine groups is 1. The SMILES string of the molecule is CCOC(=O)C1=C(C)Nc2ccccc2N=C1NC(=O)CCCc1nc(-c2cccs2)no1. The summed E-state index contributed by atoms with van der Waals surface area (Å²) in [5.74, 6) is 0.343. The monoisotopic (exact) mass is 465 g/mol. The number of thiophene rings is 1. The van der Waals surface area contributed by atoms with Crippen LogP contribution in [0.2, 0.25) is 0 Å². The van der Waals surface area contributed by atoms with Crippen molar-refractivity contribution in [2.24, 2.45) is 4.99 Å². The lowest BCUT2D eigenvalue weighted by molar-refractivity contribution is -0.137. The molecular formula is C23H23N5O4S. The van der Waals surface area contributed by atoms with E-state index >= 15 is 0 Å². The van der Waals surface area contributed by atoms with E-state index in [9.17, 15) is 9.59 Å². The van der Waals surface area contributed by atoms with E-state index in [0.29, 0.717) is 35.9 Å². The molecule has 0 saturated heterocycles. The van der Waals surface area contributed by atoms with Gasteiger partial charge in [0.15, 0.2) is 0 Å². The molecule has 10 heteroatoms. The van der Waals surface area contributed by atoms with Crippen LogP contribution in [-0.2, 0) is 20.7 Å². The Morgan fingerprint density at radius 1 is 1.21 bits per heavy atom. The molecule has 0 radical (unpaired) electrons. The van der Waals surface area contributed by atoms with Crippen LogP contribution >= 0.6 is 11.3 Å². The van der Waals surface area contributed by atoms with Crippen molar-refractivity contribution in [3.05, 3.63) is 58.9 Å². The highest BCUT2D eigenvalue weighted by Gasteiger charge is 2.26. The number of amides is 1. The van der Waals surface area contributed by atoms with Crippen LogP contribution in [0.15, 0.2) is 62.6 Å². The van der Waals surface area contributed by atoms with Gasteiger partial charge in [-0.15, -0.1) is 11.3 Å². The van der Waals surface area contributed by atoms with Gasteiger partial charge in [0, 0.05) is 18.5 Å². The third-order valence-electron chi connectivity index (χ3n) is 4.81. The van der Waals surface area contributed by atoms with Crippen molar-refractivity contribution in [1.82, 2.24) is 15.5 Å². The molecule has 1 aliphatic rings. The number of fused-ring (bicyclic) bond motifs is 1. The van der Waals surface area contributed by atoms with Crippen LogP contribution in [0, 0.1) is 0 Å². The molecule has 0 bridgehead atoms. The fourth-order valence-electron chi connectivity index (χ4n) is 3.30. The summed E-state index contributed by atoms with van der Waals surface area (Å²) in [4.78, 5) is 35.2. The first-order valence-electron chi connectivity index (χ1n) is 10.5. The third kappa shape index (κ3) is 5.35. The second-order valence-corrected chi connectivity index (χ2v) is 8.16. The number of allylic oxidation sites excluding steroid dienone is 1. The fraction of sp³-hybridized carbons (Fsp3) is 0.261. The number of hydrogen-bond acceptors (Lipinski definition) is 9. The molecule has 9 nitrogen and oxygen atoms in total. The first-order chi connectivity index (χ1) is 16.0. The number of aromatic nitrogens is 2. The van der Waals surface area contributed by atoms with Crippen molar-refractivity contribution >= 4 is 40.4 Å². The van der Waals surface area contributed by atoms with E-state index in [1.165, 1.54) is 11.3 Å². The van der Waals surface area contributed by atoms with Crippen molar-refractivity contribution < 1.29 is 18.8 Å². The van der Waals surface area contributed by atoms with Gasteiger partial charge in [0.2, 0.25) is 17.6 Å². The summed E-state index contributed by atoms with van der Waals surface area (Å²) < 4.78 is 10.5. The summed E-state index contributed by atoms with van der Waals surface area (Å²) in [7, 11) is 0. The van der Waals surface area contributed by atoms with Gasteiger partial charge in [-0.2, -0.15) is 4.98 Å². The number of aliphatic imine (C=N–C) groups is 1. The van der Waals surface area contributed by atoms with Crippen LogP contribution in [0.4, 0.5) is 11.4 Å². The minimum atomic E-state index is -0.554. The molecule has 2 N–H and O–H groups in total. The number of aryl methyl sites for hydroxylation is 1. The molecule has 170 valence electrons. The topological polar surface area (TPSA) is 119 Å². The Kier molecular flexibility index (Phi) is 6.94. The molecule has 1 aliphatic heterocycles. The number of ether oxygens (including phenoxy) is 1. The molecule has 1 aromatic carbocycles. The molecule has 3 aromatic rings. The van der Waals surface area contributed by atoms with Gasteiger partial charge in [-0.3, -0.25) is 4.79 Å². The number of carbonyl (C=O) groups excluding carboxylic acids is 2. The number of carbonyl (C=O) groups is 2. The second kappa shape index (κ2) is 10.2. The Balaban J connectivity index is 1.44. The average Bonchev–Trinajstić information content (AvgIpc) is 3.45. The van der Waals surface area contributed by atoms with E-state index < -0.39 is 5.97 Å². The number of nitrogens with one attached hydrogen (secondary N) is 2. The smallest absolute Gasteiger partial charge is 0.343 e. The molecule has 0 unspecified atom stereocenters. The highest BCUT2D eigenvalue weighted by atomic mass is 32.1. The van der Waals surface area contributed by atoms with Crippen LogP contribution in [0.1, 0.15) is 32.6 Å². The molecular weight excluding hydrogens is 442 g/mol. The van der Waals surface area contributed by atoms with Gasteiger partial charge in [0.25, 0.3) is 0 Å². The van der Waals surface area contributed by atoms with E-state index in [4.69, 9.17) is 9.26 Å².